The van der Waals surface area contributed by atoms with E-state index in [9.17, 15) is 0 Å². The van der Waals surface area contributed by atoms with Crippen LogP contribution in [0.25, 0.3) is 95.0 Å². The third kappa shape index (κ3) is 7.51. The highest BCUT2D eigenvalue weighted by Crippen LogP contribution is 2.44. The molecule has 0 fully saturated rings. The Hall–Kier alpha value is -7.82. The van der Waals surface area contributed by atoms with E-state index in [4.69, 9.17) is 22.9 Å². The molecule has 0 radical (unpaired) electrons. The number of pyridine rings is 1. The summed E-state index contributed by atoms with van der Waals surface area (Å²) in [5.74, 6) is 1.33. The fourth-order valence-corrected chi connectivity index (χ4v) is 8.79. The van der Waals surface area contributed by atoms with Crippen molar-refractivity contribution >= 4 is 11.0 Å². The molecule has 4 nitrogen and oxygen atoms in total. The van der Waals surface area contributed by atoms with Crippen LogP contribution in [-0.4, -0.2) is 21.6 Å². The van der Waals surface area contributed by atoms with Crippen LogP contribution in [0.4, 0.5) is 0 Å². The van der Waals surface area contributed by atoms with Gasteiger partial charge in [-0.05, 0) is 143 Å². The Morgan fingerprint density at radius 1 is 0.460 bits per heavy atom. The zero-order chi connectivity index (χ0) is 48.0. The average Bonchev–Trinajstić information content (AvgIpc) is 3.76. The van der Waals surface area contributed by atoms with Gasteiger partial charge in [0, 0.05) is 31.1 Å². The number of fused-ring (bicyclic) bond motifs is 1. The highest BCUT2D eigenvalue weighted by atomic mass is 16.5. The summed E-state index contributed by atoms with van der Waals surface area (Å²) in [6.07, 6.45) is 1.79. The number of aryl methyl sites for hydroxylation is 4. The van der Waals surface area contributed by atoms with Gasteiger partial charge in [-0.2, -0.15) is 0 Å². The monoisotopic (exact) mass is 819 g/mol. The van der Waals surface area contributed by atoms with Gasteiger partial charge in [0.25, 0.3) is 0 Å². The summed E-state index contributed by atoms with van der Waals surface area (Å²) in [5.41, 5.74) is 15.9. The van der Waals surface area contributed by atoms with Gasteiger partial charge in [0.2, 0.25) is 0 Å². The van der Waals surface area contributed by atoms with Gasteiger partial charge >= 0.3 is 0 Å². The Bertz CT molecular complexity index is 3510. The van der Waals surface area contributed by atoms with E-state index in [0.717, 1.165) is 94.7 Å². The van der Waals surface area contributed by atoms with Crippen molar-refractivity contribution in [2.24, 2.45) is 0 Å². The van der Waals surface area contributed by atoms with E-state index in [1.54, 1.807) is 25.4 Å². The summed E-state index contributed by atoms with van der Waals surface area (Å²) in [5, 5.41) is 0. The Balaban J connectivity index is 1.26. The SMILES string of the molecule is [2H]C([2H])([2H])c1ccc(-c2ccnc(-c3cc(-c4ccccc4)cc(-c4cccc5c4nc(-c4cc(C)cc(C)c4OC)n5-c4cc(-c5ccccc5)c(C([2H])([2H])[2H])cc4-c4ccccc4)c3)c2)cc1. The van der Waals surface area contributed by atoms with Crippen molar-refractivity contribution in [1.82, 2.24) is 14.5 Å². The molecular weight excluding hydrogens is 767 g/mol. The van der Waals surface area contributed by atoms with Crippen molar-refractivity contribution in [2.45, 2.75) is 27.6 Å². The summed E-state index contributed by atoms with van der Waals surface area (Å²) in [4.78, 5) is 10.5. The van der Waals surface area contributed by atoms with Crippen molar-refractivity contribution in [1.29, 1.82) is 0 Å². The zero-order valence-corrected chi connectivity index (χ0v) is 35.2. The van der Waals surface area contributed by atoms with Crippen LogP contribution in [0.1, 0.15) is 30.5 Å². The van der Waals surface area contributed by atoms with Crippen molar-refractivity contribution in [2.75, 3.05) is 7.11 Å². The second-order valence-electron chi connectivity index (χ2n) is 15.9. The van der Waals surface area contributed by atoms with Crippen LogP contribution in [0.2, 0.25) is 0 Å². The first kappa shape index (κ1) is 32.9. The lowest BCUT2D eigenvalue weighted by Crippen LogP contribution is -2.04. The molecule has 0 unspecified atom stereocenters. The van der Waals surface area contributed by atoms with E-state index in [2.05, 4.69) is 66.1 Å². The first-order valence-corrected chi connectivity index (χ1v) is 21.0. The quantitative estimate of drug-likeness (QED) is 0.146. The molecule has 0 aliphatic carbocycles. The summed E-state index contributed by atoms with van der Waals surface area (Å²) in [6.45, 7) is -0.514. The number of rotatable bonds is 9. The molecule has 0 aliphatic rings. The minimum absolute atomic E-state index is 0.252. The summed E-state index contributed by atoms with van der Waals surface area (Å²) < 4.78 is 58.4. The second-order valence-corrected chi connectivity index (χ2v) is 15.9. The minimum atomic E-state index is -2.42. The lowest BCUT2D eigenvalue weighted by molar-refractivity contribution is 0.413. The predicted octanol–water partition coefficient (Wildman–Crippen LogP) is 15.3. The molecule has 10 rings (SSSR count). The van der Waals surface area contributed by atoms with Gasteiger partial charge in [-0.25, -0.2) is 4.98 Å². The fourth-order valence-electron chi connectivity index (χ4n) is 8.79. The van der Waals surface area contributed by atoms with Crippen LogP contribution in [0.5, 0.6) is 5.75 Å². The molecule has 0 spiro atoms. The fraction of sp³-hybridized carbons (Fsp3) is 0.0847. The maximum absolute atomic E-state index is 8.82. The zero-order valence-electron chi connectivity index (χ0n) is 41.2. The number of hydrogen-bond acceptors (Lipinski definition) is 3. The van der Waals surface area contributed by atoms with Crippen molar-refractivity contribution in [3.05, 3.63) is 217 Å². The molecule has 304 valence electrons. The largest absolute Gasteiger partial charge is 0.496 e. The molecule has 0 bridgehead atoms. The molecular formula is C59H47N3O. The molecule has 2 aromatic heterocycles. The topological polar surface area (TPSA) is 39.9 Å². The number of methoxy groups -OCH3 is 1. The Morgan fingerprint density at radius 3 is 1.83 bits per heavy atom. The lowest BCUT2D eigenvalue weighted by Gasteiger charge is -2.20. The van der Waals surface area contributed by atoms with Gasteiger partial charge in [0.15, 0.2) is 0 Å². The third-order valence-corrected chi connectivity index (χ3v) is 11.7. The summed E-state index contributed by atoms with van der Waals surface area (Å²) >= 11 is 0. The predicted molar refractivity (Wildman–Crippen MR) is 262 cm³/mol. The van der Waals surface area contributed by atoms with E-state index in [-0.39, 0.29) is 11.1 Å². The van der Waals surface area contributed by atoms with E-state index in [1.165, 1.54) is 0 Å². The molecule has 0 saturated carbocycles. The Labute approximate surface area is 378 Å². The van der Waals surface area contributed by atoms with Gasteiger partial charge in [0.05, 0.1) is 35.1 Å². The van der Waals surface area contributed by atoms with Gasteiger partial charge in [-0.15, -0.1) is 0 Å². The van der Waals surface area contributed by atoms with Gasteiger partial charge < -0.3 is 4.74 Å². The lowest BCUT2D eigenvalue weighted by atomic mass is 9.93. The normalized spacial score (nSPS) is 13.1. The van der Waals surface area contributed by atoms with Crippen molar-refractivity contribution in [3.8, 4) is 89.7 Å². The van der Waals surface area contributed by atoms with E-state index >= 15 is 0 Å². The van der Waals surface area contributed by atoms with Crippen LogP contribution in [-0.2, 0) is 0 Å². The molecule has 10 aromatic rings. The highest BCUT2D eigenvalue weighted by Gasteiger charge is 2.25. The van der Waals surface area contributed by atoms with Gasteiger partial charge in [0.1, 0.15) is 11.6 Å². The second kappa shape index (κ2) is 16.6. The molecule has 0 saturated heterocycles. The van der Waals surface area contributed by atoms with Crippen LogP contribution in [0.15, 0.2) is 194 Å². The van der Waals surface area contributed by atoms with Crippen molar-refractivity contribution in [3.63, 3.8) is 0 Å². The minimum Gasteiger partial charge on any atom is -0.496 e. The number of aromatic nitrogens is 3. The number of hydrogen-bond donors (Lipinski definition) is 0. The number of imidazole rings is 1. The first-order chi connectivity index (χ1) is 33.2. The number of nitrogens with zero attached hydrogens (tertiary/aromatic N) is 3. The molecule has 63 heavy (non-hydrogen) atoms. The van der Waals surface area contributed by atoms with Crippen LogP contribution >= 0.6 is 0 Å². The van der Waals surface area contributed by atoms with Crippen LogP contribution in [0, 0.1) is 27.6 Å². The van der Waals surface area contributed by atoms with Crippen molar-refractivity contribution < 1.29 is 13.0 Å². The molecule has 0 amide bonds. The van der Waals surface area contributed by atoms with Gasteiger partial charge in [-0.3, -0.25) is 9.55 Å². The maximum Gasteiger partial charge on any atom is 0.149 e. The van der Waals surface area contributed by atoms with E-state index < -0.39 is 13.7 Å². The molecule has 8 aromatic carbocycles. The van der Waals surface area contributed by atoms with E-state index in [0.29, 0.717) is 17.1 Å². The summed E-state index contributed by atoms with van der Waals surface area (Å²) in [6, 6.07) is 61.6. The molecule has 4 heteroatoms. The Kier molecular flexibility index (Phi) is 8.65. The smallest absolute Gasteiger partial charge is 0.149 e. The first-order valence-electron chi connectivity index (χ1n) is 24.0. The number of benzene rings is 8. The molecule has 0 aliphatic heterocycles. The van der Waals surface area contributed by atoms with Crippen LogP contribution < -0.4 is 4.74 Å². The molecule has 0 atom stereocenters. The number of ether oxygens (including phenoxy) is 1. The maximum atomic E-state index is 8.82. The van der Waals surface area contributed by atoms with Crippen LogP contribution in [0.3, 0.4) is 0 Å². The standard InChI is InChI=1S/C59H47N3O/c1-38-24-26-43(27-25-38)46-28-29-60-54(36-46)49-34-47(42-16-9-6-10-17-42)33-48(35-49)50-22-15-23-55-57(50)61-59(53-31-39(2)30-41(4)58(53)63-5)62(55)56-37-51(44-18-11-7-12-19-44)40(3)32-52(56)45-20-13-8-14-21-45/h6-37H,1-5H3/i1D3,3D3. The molecule has 0 N–H and O–H groups in total. The highest BCUT2D eigenvalue weighted by molar-refractivity contribution is 5.99. The molecule has 2 heterocycles. The third-order valence-electron chi connectivity index (χ3n) is 11.7. The summed E-state index contributed by atoms with van der Waals surface area (Å²) in [7, 11) is 1.68. The average molecular weight is 820 g/mol. The van der Waals surface area contributed by atoms with Gasteiger partial charge in [-0.1, -0.05) is 139 Å². The number of para-hydroxylation sites is 1. The van der Waals surface area contributed by atoms with E-state index in [1.807, 2.05) is 128 Å². The Morgan fingerprint density at radius 2 is 1.13 bits per heavy atom.